The number of hydrogen-bond donors (Lipinski definition) is 1. The van der Waals surface area contributed by atoms with Crippen LogP contribution in [-0.2, 0) is 19.4 Å². The maximum atomic E-state index is 13.2. The lowest BCUT2D eigenvalue weighted by Crippen LogP contribution is -2.07. The van der Waals surface area contributed by atoms with Crippen LogP contribution in [0, 0.1) is 5.82 Å². The molecule has 0 unspecified atom stereocenters. The minimum Gasteiger partial charge on any atom is -0.461 e. The van der Waals surface area contributed by atoms with Crippen LogP contribution < -0.4 is 0 Å². The molecule has 1 N–H and O–H groups in total. The van der Waals surface area contributed by atoms with Crippen LogP contribution in [0.15, 0.2) is 53.4 Å². The molecule has 0 aliphatic carbocycles. The molecule has 0 radical (unpaired) electrons. The van der Waals surface area contributed by atoms with Crippen molar-refractivity contribution in [1.29, 1.82) is 0 Å². The first-order chi connectivity index (χ1) is 12.2. The first-order valence-corrected chi connectivity index (χ1v) is 9.64. The summed E-state index contributed by atoms with van der Waals surface area (Å²) in [7, 11) is -3.34. The van der Waals surface area contributed by atoms with Crippen molar-refractivity contribution in [3.05, 3.63) is 65.5 Å². The predicted octanol–water partition coefficient (Wildman–Crippen LogP) is 2.70. The van der Waals surface area contributed by atoms with Crippen LogP contribution in [0.5, 0.6) is 0 Å². The Bertz CT molecular complexity index is 913. The van der Waals surface area contributed by atoms with Crippen LogP contribution >= 0.6 is 0 Å². The molecule has 2 rings (SSSR count). The molecule has 0 aliphatic rings. The van der Waals surface area contributed by atoms with E-state index in [1.165, 1.54) is 43.3 Å². The summed E-state index contributed by atoms with van der Waals surface area (Å²) >= 11 is 0. The zero-order chi connectivity index (χ0) is 19.3. The van der Waals surface area contributed by atoms with E-state index in [0.29, 0.717) is 22.3 Å². The lowest BCUT2D eigenvalue weighted by Gasteiger charge is -2.15. The first-order valence-electron chi connectivity index (χ1n) is 7.75. The zero-order valence-electron chi connectivity index (χ0n) is 14.4. The lowest BCUT2D eigenvalue weighted by atomic mass is 9.95. The number of aliphatic hydroxyl groups is 1. The van der Waals surface area contributed by atoms with E-state index in [1.54, 1.807) is 12.1 Å². The van der Waals surface area contributed by atoms with Gasteiger partial charge < -0.3 is 9.84 Å². The fraction of sp³-hybridized carbons (Fsp3) is 0.211. The van der Waals surface area contributed by atoms with Gasteiger partial charge in [-0.2, -0.15) is 0 Å². The highest BCUT2D eigenvalue weighted by molar-refractivity contribution is 7.90. The van der Waals surface area contributed by atoms with Gasteiger partial charge in [-0.3, -0.25) is 4.79 Å². The Morgan fingerprint density at radius 2 is 1.50 bits per heavy atom. The summed E-state index contributed by atoms with van der Waals surface area (Å²) in [6.45, 7) is 0.790. The molecular weight excluding hydrogens is 359 g/mol. The smallest absolute Gasteiger partial charge is 0.302 e. The van der Waals surface area contributed by atoms with Crippen molar-refractivity contribution in [3.8, 4) is 0 Å². The van der Waals surface area contributed by atoms with E-state index in [2.05, 4.69) is 0 Å². The number of rotatable bonds is 6. The molecular formula is C19H19FO5S. The second-order valence-corrected chi connectivity index (χ2v) is 7.71. The van der Waals surface area contributed by atoms with Gasteiger partial charge in [-0.05, 0) is 41.0 Å². The molecule has 2 aromatic carbocycles. The maximum absolute atomic E-state index is 13.2. The maximum Gasteiger partial charge on any atom is 0.302 e. The number of halogens is 1. The van der Waals surface area contributed by atoms with Gasteiger partial charge in [-0.1, -0.05) is 24.3 Å². The van der Waals surface area contributed by atoms with Gasteiger partial charge in [0.25, 0.3) is 0 Å². The summed E-state index contributed by atoms with van der Waals surface area (Å²) < 4.78 is 41.5. The number of esters is 1. The Kier molecular flexibility index (Phi) is 6.28. The topological polar surface area (TPSA) is 80.7 Å². The van der Waals surface area contributed by atoms with Crippen LogP contribution in [-0.4, -0.2) is 39.0 Å². The molecule has 0 bridgehead atoms. The summed E-state index contributed by atoms with van der Waals surface area (Å²) in [5, 5.41) is 9.87. The fourth-order valence-corrected chi connectivity index (χ4v) is 3.06. The molecule has 0 aromatic heterocycles. The summed E-state index contributed by atoms with van der Waals surface area (Å²) in [6.07, 6.45) is 1.11. The van der Waals surface area contributed by atoms with Gasteiger partial charge in [0.15, 0.2) is 9.84 Å². The van der Waals surface area contributed by atoms with E-state index in [9.17, 15) is 22.7 Å². The molecule has 26 heavy (non-hydrogen) atoms. The molecule has 0 fully saturated rings. The molecule has 0 atom stereocenters. The quantitative estimate of drug-likeness (QED) is 0.617. The highest BCUT2D eigenvalue weighted by Crippen LogP contribution is 2.28. The van der Waals surface area contributed by atoms with E-state index >= 15 is 0 Å². The van der Waals surface area contributed by atoms with Crippen molar-refractivity contribution in [2.45, 2.75) is 11.8 Å². The molecule has 5 nitrogen and oxygen atoms in total. The minimum absolute atomic E-state index is 0.106. The second-order valence-electron chi connectivity index (χ2n) is 5.70. The van der Waals surface area contributed by atoms with Crippen LogP contribution in [0.2, 0.25) is 0 Å². The SMILES string of the molecule is CC(=O)OC/C(=C(\CO)c1ccc(S(C)(=O)=O)cc1)c1ccc(F)cc1. The Morgan fingerprint density at radius 3 is 1.96 bits per heavy atom. The van der Waals surface area contributed by atoms with Gasteiger partial charge in [0.2, 0.25) is 0 Å². The summed E-state index contributed by atoms with van der Waals surface area (Å²) in [5.41, 5.74) is 2.13. The lowest BCUT2D eigenvalue weighted by molar-refractivity contribution is -0.139. The van der Waals surface area contributed by atoms with Crippen molar-refractivity contribution < 1.29 is 27.4 Å². The van der Waals surface area contributed by atoms with Crippen LogP contribution in [0.3, 0.4) is 0 Å². The monoisotopic (exact) mass is 378 g/mol. The Balaban J connectivity index is 2.56. The number of hydrogen-bond acceptors (Lipinski definition) is 5. The highest BCUT2D eigenvalue weighted by Gasteiger charge is 2.14. The van der Waals surface area contributed by atoms with E-state index in [0.717, 1.165) is 6.26 Å². The third-order valence-corrected chi connectivity index (χ3v) is 4.89. The molecule has 7 heteroatoms. The van der Waals surface area contributed by atoms with Gasteiger partial charge in [-0.25, -0.2) is 12.8 Å². The largest absolute Gasteiger partial charge is 0.461 e. The van der Waals surface area contributed by atoms with Crippen molar-refractivity contribution >= 4 is 27.0 Å². The van der Waals surface area contributed by atoms with Gasteiger partial charge in [-0.15, -0.1) is 0 Å². The van der Waals surface area contributed by atoms with Crippen LogP contribution in [0.4, 0.5) is 4.39 Å². The van der Waals surface area contributed by atoms with Crippen LogP contribution in [0.1, 0.15) is 18.1 Å². The highest BCUT2D eigenvalue weighted by atomic mass is 32.2. The number of carbonyl (C=O) groups is 1. The van der Waals surface area contributed by atoms with Gasteiger partial charge in [0, 0.05) is 18.8 Å². The Labute approximate surface area is 151 Å². The number of sulfone groups is 1. The number of ether oxygens (including phenoxy) is 1. The molecule has 0 amide bonds. The second kappa shape index (κ2) is 8.25. The van der Waals surface area contributed by atoms with Gasteiger partial charge in [0.05, 0.1) is 11.5 Å². The minimum atomic E-state index is -3.34. The normalized spacial score (nSPS) is 12.5. The molecule has 2 aromatic rings. The van der Waals surface area contributed by atoms with Crippen molar-refractivity contribution in [2.75, 3.05) is 19.5 Å². The molecule has 138 valence electrons. The summed E-state index contributed by atoms with van der Waals surface area (Å²) in [5.74, 6) is -0.905. The zero-order valence-corrected chi connectivity index (χ0v) is 15.2. The summed E-state index contributed by atoms with van der Waals surface area (Å²) in [4.78, 5) is 11.4. The molecule has 0 saturated heterocycles. The van der Waals surface area contributed by atoms with Crippen LogP contribution in [0.25, 0.3) is 11.1 Å². The number of carbonyl (C=O) groups excluding carboxylic acids is 1. The number of benzene rings is 2. The average Bonchev–Trinajstić information content (AvgIpc) is 2.59. The van der Waals surface area contributed by atoms with Gasteiger partial charge in [0.1, 0.15) is 12.4 Å². The Hall–Kier alpha value is -2.51. The van der Waals surface area contributed by atoms with Crippen molar-refractivity contribution in [2.24, 2.45) is 0 Å². The first kappa shape index (κ1) is 19.8. The van der Waals surface area contributed by atoms with E-state index in [4.69, 9.17) is 4.74 Å². The third-order valence-electron chi connectivity index (χ3n) is 3.77. The average molecular weight is 378 g/mol. The molecule has 0 heterocycles. The molecule has 0 aliphatic heterocycles. The molecule has 0 saturated carbocycles. The Morgan fingerprint density at radius 1 is 1.00 bits per heavy atom. The standard InChI is InChI=1S/C19H19FO5S/c1-13(22)25-12-19(15-3-7-16(20)8-4-15)18(11-21)14-5-9-17(10-6-14)26(2,23)24/h3-10,21H,11-12H2,1-2H3/b19-18-. The molecule has 0 spiro atoms. The summed E-state index contributed by atoms with van der Waals surface area (Å²) in [6, 6.07) is 11.6. The van der Waals surface area contributed by atoms with E-state index in [-0.39, 0.29) is 18.1 Å². The van der Waals surface area contributed by atoms with Crippen molar-refractivity contribution in [3.63, 3.8) is 0 Å². The predicted molar refractivity (Wildman–Crippen MR) is 96.5 cm³/mol. The van der Waals surface area contributed by atoms with Crippen molar-refractivity contribution in [1.82, 2.24) is 0 Å². The third kappa shape index (κ3) is 5.00. The van der Waals surface area contributed by atoms with E-state index < -0.39 is 21.6 Å². The fourth-order valence-electron chi connectivity index (χ4n) is 2.43. The number of aliphatic hydroxyl groups excluding tert-OH is 1. The van der Waals surface area contributed by atoms with Gasteiger partial charge >= 0.3 is 5.97 Å². The van der Waals surface area contributed by atoms with E-state index in [1.807, 2.05) is 0 Å².